The summed E-state index contributed by atoms with van der Waals surface area (Å²) in [5.41, 5.74) is 7.56. The molecule has 2 aromatic rings. The van der Waals surface area contributed by atoms with Gasteiger partial charge in [0, 0.05) is 79.4 Å². The van der Waals surface area contributed by atoms with E-state index in [2.05, 4.69) is 31.2 Å². The van der Waals surface area contributed by atoms with Crippen molar-refractivity contribution < 1.29 is 94.2 Å². The Kier molecular flexibility index (Phi) is 35.2. The Morgan fingerprint density at radius 3 is 1.76 bits per heavy atom. The summed E-state index contributed by atoms with van der Waals surface area (Å²) in [5, 5.41) is 21.9. The Morgan fingerprint density at radius 1 is 0.763 bits per heavy atom. The number of hydrogen-bond donors (Lipinski definition) is 7. The highest BCUT2D eigenvalue weighted by atomic mass is 32.2. The minimum Gasteiger partial charge on any atom is -0.460 e. The van der Waals surface area contributed by atoms with E-state index >= 15 is 0 Å². The molecule has 9 N–H and O–H groups in total. The number of halogens is 4. The Labute approximate surface area is 546 Å². The molecular formula is C59H94F4N10O18S2. The van der Waals surface area contributed by atoms with Crippen LogP contribution in [0, 0.1) is 5.41 Å². The lowest BCUT2D eigenvalue weighted by atomic mass is 9.96. The first-order valence-electron chi connectivity index (χ1n) is 30.2. The number of esters is 3. The maximum atomic E-state index is 14.8. The number of anilines is 2. The Hall–Kier alpha value is -6.30. The summed E-state index contributed by atoms with van der Waals surface area (Å²) >= 11 is 3.09. The zero-order valence-electron chi connectivity index (χ0n) is 54.8. The van der Waals surface area contributed by atoms with Crippen LogP contribution in [0.5, 0.6) is 0 Å². The molecule has 0 spiro atoms. The van der Waals surface area contributed by atoms with Crippen LogP contribution >= 0.6 is 23.5 Å². The summed E-state index contributed by atoms with van der Waals surface area (Å²) in [5.74, 6) is -10.7. The van der Waals surface area contributed by atoms with E-state index < -0.39 is 127 Å². The van der Waals surface area contributed by atoms with Crippen LogP contribution in [0.3, 0.4) is 0 Å². The molecule has 34 heteroatoms. The van der Waals surface area contributed by atoms with Crippen molar-refractivity contribution in [3.05, 3.63) is 45.5 Å². The molecule has 1 saturated carbocycles. The lowest BCUT2D eigenvalue weighted by Crippen LogP contribution is -2.53. The molecule has 2 aromatic heterocycles. The summed E-state index contributed by atoms with van der Waals surface area (Å²) in [6, 6.07) is 0.745. The van der Waals surface area contributed by atoms with Crippen molar-refractivity contribution in [3.8, 4) is 0 Å². The predicted octanol–water partition coefficient (Wildman–Crippen LogP) is 3.44. The first kappa shape index (κ1) is 82.8. The molecule has 0 aromatic carbocycles. The first-order chi connectivity index (χ1) is 43.5. The first-order valence-corrected chi connectivity index (χ1v) is 32.3. The number of thioether (sulfide) groups is 2. The summed E-state index contributed by atoms with van der Waals surface area (Å²) < 4.78 is 94.0. The molecule has 1 aliphatic carbocycles. The zero-order chi connectivity index (χ0) is 70.5. The Morgan fingerprint density at radius 2 is 1.28 bits per heavy atom. The monoisotopic (exact) mass is 1370 g/mol. The fraction of sp³-hybridized carbons (Fsp3) is 0.729. The van der Waals surface area contributed by atoms with Gasteiger partial charge in [0.2, 0.25) is 30.2 Å². The average molecular weight is 1370 g/mol. The van der Waals surface area contributed by atoms with E-state index in [0.29, 0.717) is 36.1 Å². The number of carbonyl (C=O) groups excluding carboxylic acids is 8. The molecule has 28 nitrogen and oxygen atoms in total. The number of aldehydes is 2. The number of aliphatic hydroxyl groups excluding tert-OH is 1. The third-order valence-corrected chi connectivity index (χ3v) is 16.4. The number of nitrogens with one attached hydrogen (secondary N) is 4. The number of ether oxygens (including phenoxy) is 7. The van der Waals surface area contributed by atoms with Gasteiger partial charge in [-0.1, -0.05) is 41.5 Å². The van der Waals surface area contributed by atoms with E-state index in [-0.39, 0.29) is 84.3 Å². The molecule has 3 fully saturated rings. The van der Waals surface area contributed by atoms with Crippen LogP contribution in [-0.4, -0.2) is 201 Å². The van der Waals surface area contributed by atoms with Gasteiger partial charge in [-0.3, -0.25) is 37.9 Å². The largest absolute Gasteiger partial charge is 0.460 e. The topological polar surface area (TPSA) is 391 Å². The van der Waals surface area contributed by atoms with Crippen molar-refractivity contribution in [2.75, 3.05) is 76.2 Å². The van der Waals surface area contributed by atoms with Crippen molar-refractivity contribution in [2.45, 2.75) is 204 Å². The van der Waals surface area contributed by atoms with Gasteiger partial charge in [-0.2, -0.15) is 42.3 Å². The molecule has 93 heavy (non-hydrogen) atoms. The van der Waals surface area contributed by atoms with Gasteiger partial charge in [0.1, 0.15) is 43.3 Å². The zero-order valence-corrected chi connectivity index (χ0v) is 56.5. The van der Waals surface area contributed by atoms with Crippen molar-refractivity contribution >= 4 is 83.4 Å². The third-order valence-electron chi connectivity index (χ3n) is 13.1. The van der Waals surface area contributed by atoms with Crippen molar-refractivity contribution in [1.29, 1.82) is 0 Å². The second-order valence-electron chi connectivity index (χ2n) is 24.1. The summed E-state index contributed by atoms with van der Waals surface area (Å²) in [7, 11) is 1.39. The van der Waals surface area contributed by atoms with E-state index in [4.69, 9.17) is 44.6 Å². The highest BCUT2D eigenvalue weighted by Gasteiger charge is 2.60. The third kappa shape index (κ3) is 29.9. The molecule has 2 saturated heterocycles. The van der Waals surface area contributed by atoms with Crippen LogP contribution in [0.25, 0.3) is 0 Å². The SMILES string of the molecule is CC.CC(C)(C)COC(C)(C)CCC(=O)NC(CSC1CCC1SCC(NC(C)(C)C)C(=O)NCCC(=O)OCC=O)C(=O)NCCC(=O)OCC(=O)OC[C@@H]1O[C@H](n2ccc(N)nc2=O)C(F)(F)[C@H]1O.CCC=O.COCC1CC(F)(F)C(n2ccc(N)nc2=O)O1. The highest BCUT2D eigenvalue weighted by Crippen LogP contribution is 2.44. The number of nitrogens with zero attached hydrogens (tertiary/aromatic N) is 4. The fourth-order valence-electron chi connectivity index (χ4n) is 8.37. The van der Waals surface area contributed by atoms with Crippen LogP contribution in [0.4, 0.5) is 29.2 Å². The van der Waals surface area contributed by atoms with Crippen molar-refractivity contribution in [2.24, 2.45) is 5.41 Å². The number of methoxy groups -OCH3 is 1. The average Bonchev–Trinajstić information content (AvgIpc) is 1.64. The molecule has 5 rings (SSSR count). The van der Waals surface area contributed by atoms with Gasteiger partial charge in [0.15, 0.2) is 19.0 Å². The number of rotatable bonds is 32. The van der Waals surface area contributed by atoms with Crippen LogP contribution in [0.2, 0.25) is 0 Å². The Balaban J connectivity index is 0.00000102. The second-order valence-corrected chi connectivity index (χ2v) is 26.7. The van der Waals surface area contributed by atoms with E-state index in [1.807, 2.05) is 76.2 Å². The lowest BCUT2D eigenvalue weighted by molar-refractivity contribution is -0.162. The minimum absolute atomic E-state index is 0.0222. The number of nitrogens with two attached hydrogens (primary N) is 2. The van der Waals surface area contributed by atoms with Crippen molar-refractivity contribution in [3.63, 3.8) is 0 Å². The summed E-state index contributed by atoms with van der Waals surface area (Å²) in [4.78, 5) is 127. The standard InChI is InChI=1S/C44H69F2N7O14S2.C10H13F2N3O3.C3H6O.C2H6/c1-41(2,3)25-66-43(7,8)15-11-32(55)50-26(23-68-29-9-10-30(29)69-24-27(52-42(4,5)6)38(61)49-16-12-33(56)63-20-19-54)37(60)48-17-13-34(57)65-22-35(58)64-21-28-36(59)44(45,46)39(67-28)53-18-14-31(47)51-40(53)62;1-17-5-6-4-10(11,12)8(18-6)15-3-2-7(13)14-9(15)16;1-2-3-4;1-2/h14,18-19,26-30,36,39,52,59H,9-13,15-17,20-25H2,1-8H3,(H,48,60)(H,49,61)(H,50,55)(H2,47,51,62);2-3,6,8H,4-5H2,1H3,(H2,13,14,16);3H,2H2,1H3;1-2H3/t26?,27?,28-,29?,30?,36-,39-;;;/m0.../s1. The molecule has 3 aliphatic rings. The normalized spacial score (nSPS) is 21.0. The number of amides is 3. The number of aliphatic hydroxyl groups is 1. The smallest absolute Gasteiger partial charge is 0.351 e. The molecule has 0 radical (unpaired) electrons. The van der Waals surface area contributed by atoms with Gasteiger partial charge in [-0.15, -0.1) is 0 Å². The molecule has 4 heterocycles. The van der Waals surface area contributed by atoms with Crippen LogP contribution < -0.4 is 44.1 Å². The van der Waals surface area contributed by atoms with Gasteiger partial charge in [-0.25, -0.2) is 23.2 Å². The van der Waals surface area contributed by atoms with Gasteiger partial charge in [0.25, 0.3) is 5.92 Å². The molecule has 2 aliphatic heterocycles. The minimum atomic E-state index is -3.98. The van der Waals surface area contributed by atoms with E-state index in [1.165, 1.54) is 24.9 Å². The van der Waals surface area contributed by atoms with Crippen LogP contribution in [-0.2, 0) is 71.5 Å². The molecule has 528 valence electrons. The number of alkyl halides is 4. The van der Waals surface area contributed by atoms with Crippen LogP contribution in [0.15, 0.2) is 34.1 Å². The molecule has 6 unspecified atom stereocenters. The number of aromatic nitrogens is 4. The molecular weight excluding hydrogens is 1280 g/mol. The highest BCUT2D eigenvalue weighted by molar-refractivity contribution is 8.04. The number of nitrogen functional groups attached to an aromatic ring is 2. The summed E-state index contributed by atoms with van der Waals surface area (Å²) in [6.45, 7) is 19.6. The number of hydrogen-bond acceptors (Lipinski definition) is 25. The maximum Gasteiger partial charge on any atom is 0.351 e. The Bertz CT molecular complexity index is 2850. The van der Waals surface area contributed by atoms with E-state index in [0.717, 1.165) is 42.2 Å². The molecule has 0 bridgehead atoms. The number of carbonyl (C=O) groups is 8. The second kappa shape index (κ2) is 39.5. The van der Waals surface area contributed by atoms with Gasteiger partial charge in [0.05, 0.1) is 43.8 Å². The quantitative estimate of drug-likeness (QED) is 0.0239. The van der Waals surface area contributed by atoms with Crippen LogP contribution in [0.1, 0.15) is 140 Å². The predicted molar refractivity (Wildman–Crippen MR) is 337 cm³/mol. The van der Waals surface area contributed by atoms with Gasteiger partial charge < -0.3 is 75.8 Å². The van der Waals surface area contributed by atoms with Crippen molar-refractivity contribution in [1.82, 2.24) is 40.4 Å². The molecule has 9 atom stereocenters. The summed E-state index contributed by atoms with van der Waals surface area (Å²) in [6.07, 6.45) is -3.74. The molecule has 3 amide bonds. The van der Waals surface area contributed by atoms with Gasteiger partial charge in [-0.05, 0) is 71.4 Å². The lowest BCUT2D eigenvalue weighted by Gasteiger charge is -2.37. The van der Waals surface area contributed by atoms with Gasteiger partial charge >= 0.3 is 35.2 Å². The van der Waals surface area contributed by atoms with E-state index in [9.17, 15) is 70.6 Å². The maximum absolute atomic E-state index is 14.8. The van der Waals surface area contributed by atoms with E-state index in [1.54, 1.807) is 11.8 Å². The fourth-order valence-corrected chi connectivity index (χ4v) is 11.5.